The van der Waals surface area contributed by atoms with E-state index in [9.17, 15) is 0 Å². The van der Waals surface area contributed by atoms with Crippen molar-refractivity contribution in [2.75, 3.05) is 7.05 Å². The van der Waals surface area contributed by atoms with Gasteiger partial charge in [0, 0.05) is 13.1 Å². The fourth-order valence-corrected chi connectivity index (χ4v) is 1.84. The molecule has 1 aliphatic carbocycles. The van der Waals surface area contributed by atoms with Gasteiger partial charge in [0.1, 0.15) is 0 Å². The van der Waals surface area contributed by atoms with Gasteiger partial charge in [0.05, 0.1) is 0 Å². The summed E-state index contributed by atoms with van der Waals surface area (Å²) in [6.45, 7) is 0. The molecule has 1 fully saturated rings. The van der Waals surface area contributed by atoms with Gasteiger partial charge in [-0.3, -0.25) is 5.41 Å². The second kappa shape index (κ2) is 4.83. The first-order chi connectivity index (χ1) is 6.61. The lowest BCUT2D eigenvalue weighted by atomic mass is 9.95. The van der Waals surface area contributed by atoms with Crippen molar-refractivity contribution in [1.29, 1.82) is 5.41 Å². The van der Waals surface area contributed by atoms with Crippen LogP contribution in [0.15, 0.2) is 4.99 Å². The second-order valence-electron chi connectivity index (χ2n) is 3.76. The highest BCUT2D eigenvalue weighted by atomic mass is 15.3. The summed E-state index contributed by atoms with van der Waals surface area (Å²) in [6.07, 6.45) is 6.06. The van der Waals surface area contributed by atoms with E-state index >= 15 is 0 Å². The summed E-state index contributed by atoms with van der Waals surface area (Å²) in [4.78, 5) is 5.59. The van der Waals surface area contributed by atoms with E-state index in [-0.39, 0.29) is 11.9 Å². The van der Waals surface area contributed by atoms with E-state index in [0.717, 1.165) is 12.8 Å². The van der Waals surface area contributed by atoms with Gasteiger partial charge in [0.25, 0.3) is 0 Å². The van der Waals surface area contributed by atoms with Gasteiger partial charge in [-0.15, -0.1) is 0 Å². The Bertz CT molecular complexity index is 225. The summed E-state index contributed by atoms with van der Waals surface area (Å²) in [6, 6.07) is 0.430. The van der Waals surface area contributed by atoms with Gasteiger partial charge >= 0.3 is 0 Å². The molecule has 0 aromatic heterocycles. The van der Waals surface area contributed by atoms with Crippen LogP contribution in [0.25, 0.3) is 0 Å². The summed E-state index contributed by atoms with van der Waals surface area (Å²) in [7, 11) is 1.88. The lowest BCUT2D eigenvalue weighted by molar-refractivity contribution is 0.275. The molecule has 1 aliphatic rings. The van der Waals surface area contributed by atoms with Crippen LogP contribution in [0.4, 0.5) is 0 Å². The lowest BCUT2D eigenvalue weighted by Crippen LogP contribution is -2.38. The Kier molecular flexibility index (Phi) is 3.73. The molecule has 1 rings (SSSR count). The van der Waals surface area contributed by atoms with Gasteiger partial charge in [-0.05, 0) is 12.8 Å². The van der Waals surface area contributed by atoms with Crippen molar-refractivity contribution in [2.45, 2.75) is 38.1 Å². The van der Waals surface area contributed by atoms with Gasteiger partial charge < -0.3 is 16.4 Å². The third-order valence-corrected chi connectivity index (χ3v) is 2.69. The number of nitrogens with two attached hydrogens (primary N) is 2. The van der Waals surface area contributed by atoms with Crippen molar-refractivity contribution >= 4 is 11.9 Å². The van der Waals surface area contributed by atoms with Crippen molar-refractivity contribution in [1.82, 2.24) is 4.90 Å². The van der Waals surface area contributed by atoms with E-state index in [1.807, 2.05) is 11.9 Å². The Labute approximate surface area is 84.7 Å². The molecule has 5 N–H and O–H groups in total. The minimum atomic E-state index is -0.0438. The van der Waals surface area contributed by atoms with Crippen LogP contribution in [0.3, 0.4) is 0 Å². The first-order valence-electron chi connectivity index (χ1n) is 5.02. The number of rotatable bonds is 1. The molecule has 0 heterocycles. The topological polar surface area (TPSA) is 91.5 Å². The predicted octanol–water partition coefficient (Wildman–Crippen LogP) is 0.459. The molecule has 0 saturated heterocycles. The van der Waals surface area contributed by atoms with Crippen LogP contribution in [-0.2, 0) is 0 Å². The number of nitrogens with one attached hydrogen (secondary N) is 1. The molecular formula is C9H19N5. The fraction of sp³-hybridized carbons (Fsp3) is 0.778. The van der Waals surface area contributed by atoms with E-state index < -0.39 is 0 Å². The highest BCUT2D eigenvalue weighted by Gasteiger charge is 2.19. The van der Waals surface area contributed by atoms with Gasteiger partial charge in [-0.25, -0.2) is 0 Å². The summed E-state index contributed by atoms with van der Waals surface area (Å²) in [5, 5.41) is 7.64. The van der Waals surface area contributed by atoms with E-state index in [1.54, 1.807) is 0 Å². The summed E-state index contributed by atoms with van der Waals surface area (Å²) >= 11 is 0. The zero-order valence-electron chi connectivity index (χ0n) is 8.66. The van der Waals surface area contributed by atoms with E-state index in [0.29, 0.717) is 6.04 Å². The third kappa shape index (κ3) is 2.90. The van der Waals surface area contributed by atoms with Crippen molar-refractivity contribution in [3.63, 3.8) is 0 Å². The molecule has 5 nitrogen and oxygen atoms in total. The number of nitrogens with zero attached hydrogens (tertiary/aromatic N) is 2. The molecule has 1 saturated carbocycles. The predicted molar refractivity (Wildman–Crippen MR) is 58.2 cm³/mol. The molecule has 14 heavy (non-hydrogen) atoms. The summed E-state index contributed by atoms with van der Waals surface area (Å²) in [5.41, 5.74) is 10.4. The monoisotopic (exact) mass is 197 g/mol. The molecule has 5 heteroatoms. The van der Waals surface area contributed by atoms with Gasteiger partial charge in [-0.2, -0.15) is 4.99 Å². The molecule has 0 aromatic rings. The molecule has 0 amide bonds. The zero-order valence-corrected chi connectivity index (χ0v) is 8.66. The van der Waals surface area contributed by atoms with Crippen LogP contribution in [0.1, 0.15) is 32.1 Å². The second-order valence-corrected chi connectivity index (χ2v) is 3.76. The average molecular weight is 197 g/mol. The average Bonchev–Trinajstić information content (AvgIpc) is 2.17. The van der Waals surface area contributed by atoms with Crippen molar-refractivity contribution in [3.05, 3.63) is 0 Å². The zero-order chi connectivity index (χ0) is 10.6. The van der Waals surface area contributed by atoms with Crippen molar-refractivity contribution in [3.8, 4) is 0 Å². The molecule has 0 aromatic carbocycles. The Morgan fingerprint density at radius 1 is 1.29 bits per heavy atom. The highest BCUT2D eigenvalue weighted by molar-refractivity contribution is 5.91. The van der Waals surface area contributed by atoms with Gasteiger partial charge in [0.15, 0.2) is 5.96 Å². The molecule has 0 aliphatic heterocycles. The van der Waals surface area contributed by atoms with Crippen LogP contribution in [0, 0.1) is 5.41 Å². The SMILES string of the molecule is CN(C(=N)N=C(N)N)C1CCCCC1. The van der Waals surface area contributed by atoms with E-state index in [4.69, 9.17) is 16.9 Å². The molecule has 0 spiro atoms. The minimum Gasteiger partial charge on any atom is -0.370 e. The van der Waals surface area contributed by atoms with Crippen molar-refractivity contribution in [2.24, 2.45) is 16.5 Å². The molecule has 0 bridgehead atoms. The Balaban J connectivity index is 2.50. The normalized spacial score (nSPS) is 17.5. The first-order valence-corrected chi connectivity index (χ1v) is 5.02. The number of guanidine groups is 2. The fourth-order valence-electron chi connectivity index (χ4n) is 1.84. The minimum absolute atomic E-state index is 0.0438. The van der Waals surface area contributed by atoms with Crippen LogP contribution in [-0.4, -0.2) is 29.9 Å². The Morgan fingerprint density at radius 3 is 2.36 bits per heavy atom. The maximum Gasteiger partial charge on any atom is 0.220 e. The third-order valence-electron chi connectivity index (χ3n) is 2.69. The standard InChI is InChI=1S/C9H19N5/c1-14(9(12)13-8(10)11)7-5-3-2-4-6-7/h7H,2-6H2,1H3,(H5,10,11,12,13). The number of hydrogen-bond donors (Lipinski definition) is 3. The van der Waals surface area contributed by atoms with Gasteiger partial charge in [-0.1, -0.05) is 19.3 Å². The smallest absolute Gasteiger partial charge is 0.220 e. The van der Waals surface area contributed by atoms with Crippen LogP contribution >= 0.6 is 0 Å². The first kappa shape index (κ1) is 10.8. The Morgan fingerprint density at radius 2 is 1.86 bits per heavy atom. The van der Waals surface area contributed by atoms with E-state index in [1.165, 1.54) is 19.3 Å². The largest absolute Gasteiger partial charge is 0.370 e. The maximum absolute atomic E-state index is 7.64. The van der Waals surface area contributed by atoms with Crippen molar-refractivity contribution < 1.29 is 0 Å². The Hall–Kier alpha value is -1.26. The lowest BCUT2D eigenvalue weighted by Gasteiger charge is -2.31. The number of hydrogen-bond acceptors (Lipinski definition) is 1. The quantitative estimate of drug-likeness (QED) is 0.421. The molecule has 0 atom stereocenters. The van der Waals surface area contributed by atoms with Crippen LogP contribution in [0.5, 0.6) is 0 Å². The summed E-state index contributed by atoms with van der Waals surface area (Å²) < 4.78 is 0. The highest BCUT2D eigenvalue weighted by Crippen LogP contribution is 2.21. The van der Waals surface area contributed by atoms with Crippen LogP contribution in [0.2, 0.25) is 0 Å². The summed E-state index contributed by atoms with van der Waals surface area (Å²) in [5.74, 6) is 0.120. The van der Waals surface area contributed by atoms with E-state index in [2.05, 4.69) is 4.99 Å². The molecule has 80 valence electrons. The molecule has 0 unspecified atom stereocenters. The van der Waals surface area contributed by atoms with Gasteiger partial charge in [0.2, 0.25) is 5.96 Å². The molecule has 0 radical (unpaired) electrons. The maximum atomic E-state index is 7.64. The molecular weight excluding hydrogens is 178 g/mol. The number of aliphatic imine (C=N–C) groups is 1. The van der Waals surface area contributed by atoms with Crippen LogP contribution < -0.4 is 11.5 Å².